The van der Waals surface area contributed by atoms with E-state index in [1.807, 2.05) is 29.6 Å². The van der Waals surface area contributed by atoms with Crippen molar-refractivity contribution in [3.8, 4) is 17.0 Å². The molecule has 0 bridgehead atoms. The lowest BCUT2D eigenvalue weighted by Crippen LogP contribution is -2.48. The number of thiazole rings is 1. The van der Waals surface area contributed by atoms with Gasteiger partial charge in [0.1, 0.15) is 10.6 Å². The number of anilines is 1. The summed E-state index contributed by atoms with van der Waals surface area (Å²) in [5.41, 5.74) is 1.77. The van der Waals surface area contributed by atoms with Crippen LogP contribution in [0.5, 0.6) is 5.75 Å². The Balaban J connectivity index is 1.48. The average molecular weight is 484 g/mol. The summed E-state index contributed by atoms with van der Waals surface area (Å²) in [4.78, 5) is 6.92. The third-order valence-electron chi connectivity index (χ3n) is 4.90. The second-order valence-electron chi connectivity index (χ2n) is 6.68. The van der Waals surface area contributed by atoms with Crippen molar-refractivity contribution >= 4 is 49.7 Å². The van der Waals surface area contributed by atoms with E-state index in [-0.39, 0.29) is 9.92 Å². The Morgan fingerprint density at radius 2 is 1.80 bits per heavy atom. The molecule has 1 aliphatic heterocycles. The van der Waals surface area contributed by atoms with Crippen LogP contribution >= 0.6 is 34.5 Å². The molecule has 0 radical (unpaired) electrons. The third-order valence-corrected chi connectivity index (χ3v) is 8.41. The standard InChI is InChI=1S/C20H19Cl2N3O3S2/c1-28-18-5-3-2-4-15(18)17-13-29-20(23-17)24-8-10-25(11-9-24)30(26,27)19-7-6-14(21)12-16(19)22/h2-7,12-13H,8-11H2,1H3. The zero-order valence-corrected chi connectivity index (χ0v) is 19.2. The predicted molar refractivity (Wildman–Crippen MR) is 122 cm³/mol. The normalized spacial score (nSPS) is 15.4. The number of hydrogen-bond donors (Lipinski definition) is 0. The number of aromatic nitrogens is 1. The molecular formula is C20H19Cl2N3O3S2. The van der Waals surface area contributed by atoms with Crippen molar-refractivity contribution in [1.29, 1.82) is 0 Å². The number of para-hydroxylation sites is 1. The summed E-state index contributed by atoms with van der Waals surface area (Å²) in [6.45, 7) is 1.79. The van der Waals surface area contributed by atoms with E-state index < -0.39 is 10.0 Å². The summed E-state index contributed by atoms with van der Waals surface area (Å²) in [7, 11) is -2.04. The van der Waals surface area contributed by atoms with Crippen molar-refractivity contribution < 1.29 is 13.2 Å². The lowest BCUT2D eigenvalue weighted by molar-refractivity contribution is 0.385. The first-order valence-corrected chi connectivity index (χ1v) is 12.3. The first kappa shape index (κ1) is 21.4. The second-order valence-corrected chi connectivity index (χ2v) is 10.3. The van der Waals surface area contributed by atoms with E-state index in [2.05, 4.69) is 4.90 Å². The van der Waals surface area contributed by atoms with Crippen LogP contribution in [0.25, 0.3) is 11.3 Å². The van der Waals surface area contributed by atoms with Gasteiger partial charge < -0.3 is 9.64 Å². The van der Waals surface area contributed by atoms with Crippen LogP contribution in [-0.4, -0.2) is 51.0 Å². The number of piperazine rings is 1. The fourth-order valence-corrected chi connectivity index (χ4v) is 6.38. The van der Waals surface area contributed by atoms with Crippen LogP contribution in [0.15, 0.2) is 52.7 Å². The number of ether oxygens (including phenoxy) is 1. The fourth-order valence-electron chi connectivity index (χ4n) is 3.33. The molecule has 0 aliphatic carbocycles. The summed E-state index contributed by atoms with van der Waals surface area (Å²) in [6.07, 6.45) is 0. The Morgan fingerprint density at radius 1 is 1.07 bits per heavy atom. The van der Waals surface area contributed by atoms with E-state index in [4.69, 9.17) is 32.9 Å². The van der Waals surface area contributed by atoms with Gasteiger partial charge in [0.05, 0.1) is 17.8 Å². The van der Waals surface area contributed by atoms with Crippen molar-refractivity contribution in [2.45, 2.75) is 4.90 Å². The zero-order chi connectivity index (χ0) is 21.3. The highest BCUT2D eigenvalue weighted by Gasteiger charge is 2.31. The number of hydrogen-bond acceptors (Lipinski definition) is 6. The van der Waals surface area contributed by atoms with E-state index in [0.717, 1.165) is 22.1 Å². The number of nitrogens with zero attached hydrogens (tertiary/aromatic N) is 3. The first-order chi connectivity index (χ1) is 14.4. The van der Waals surface area contributed by atoms with E-state index >= 15 is 0 Å². The molecule has 0 atom stereocenters. The molecule has 2 aromatic carbocycles. The minimum Gasteiger partial charge on any atom is -0.496 e. The van der Waals surface area contributed by atoms with Crippen molar-refractivity contribution in [3.05, 3.63) is 57.9 Å². The number of halogens is 2. The van der Waals surface area contributed by atoms with Crippen molar-refractivity contribution in [1.82, 2.24) is 9.29 Å². The molecule has 30 heavy (non-hydrogen) atoms. The zero-order valence-electron chi connectivity index (χ0n) is 16.1. The molecule has 4 rings (SSSR count). The molecule has 0 saturated carbocycles. The molecule has 1 aliphatic rings. The van der Waals surface area contributed by atoms with Crippen LogP contribution in [0.1, 0.15) is 0 Å². The molecule has 0 N–H and O–H groups in total. The molecule has 6 nitrogen and oxygen atoms in total. The van der Waals surface area contributed by atoms with Crippen molar-refractivity contribution in [2.24, 2.45) is 0 Å². The van der Waals surface area contributed by atoms with Gasteiger partial charge in [-0.25, -0.2) is 13.4 Å². The molecule has 0 spiro atoms. The highest BCUT2D eigenvalue weighted by atomic mass is 35.5. The Bertz CT molecular complexity index is 1160. The van der Waals surface area contributed by atoms with Gasteiger partial charge in [0.15, 0.2) is 5.13 Å². The molecule has 1 fully saturated rings. The summed E-state index contributed by atoms with van der Waals surface area (Å²) >= 11 is 13.6. The van der Waals surface area contributed by atoms with Crippen LogP contribution in [0.4, 0.5) is 5.13 Å². The smallest absolute Gasteiger partial charge is 0.244 e. The van der Waals surface area contributed by atoms with Crippen LogP contribution in [0.3, 0.4) is 0 Å². The highest BCUT2D eigenvalue weighted by molar-refractivity contribution is 7.89. The number of sulfonamides is 1. The summed E-state index contributed by atoms with van der Waals surface area (Å²) in [5, 5.41) is 3.38. The van der Waals surface area contributed by atoms with E-state index in [1.165, 1.54) is 33.8 Å². The lowest BCUT2D eigenvalue weighted by atomic mass is 10.1. The molecule has 0 unspecified atom stereocenters. The third kappa shape index (κ3) is 4.15. The largest absolute Gasteiger partial charge is 0.496 e. The SMILES string of the molecule is COc1ccccc1-c1csc(N2CCN(S(=O)(=O)c3ccc(Cl)cc3Cl)CC2)n1. The maximum Gasteiger partial charge on any atom is 0.244 e. The topological polar surface area (TPSA) is 62.7 Å². The predicted octanol–water partition coefficient (Wildman–Crippen LogP) is 4.64. The van der Waals surface area contributed by atoms with Gasteiger partial charge in [-0.05, 0) is 30.3 Å². The van der Waals surface area contributed by atoms with Gasteiger partial charge in [0.25, 0.3) is 0 Å². The Morgan fingerprint density at radius 3 is 2.50 bits per heavy atom. The van der Waals surface area contributed by atoms with Crippen LogP contribution in [-0.2, 0) is 10.0 Å². The van der Waals surface area contributed by atoms with Crippen LogP contribution in [0.2, 0.25) is 10.0 Å². The van der Waals surface area contributed by atoms with Crippen LogP contribution < -0.4 is 9.64 Å². The molecule has 0 amide bonds. The van der Waals surface area contributed by atoms with Gasteiger partial charge in [0.2, 0.25) is 10.0 Å². The van der Waals surface area contributed by atoms with Gasteiger partial charge in [-0.1, -0.05) is 35.3 Å². The molecule has 10 heteroatoms. The Kier molecular flexibility index (Phi) is 6.22. The average Bonchev–Trinajstić information content (AvgIpc) is 3.23. The van der Waals surface area contributed by atoms with Crippen LogP contribution in [0, 0.1) is 0 Å². The Hall–Kier alpha value is -1.84. The highest BCUT2D eigenvalue weighted by Crippen LogP contribution is 2.34. The van der Waals surface area contributed by atoms with Gasteiger partial charge in [-0.3, -0.25) is 0 Å². The van der Waals surface area contributed by atoms with Gasteiger partial charge in [-0.2, -0.15) is 4.31 Å². The molecule has 1 aromatic heterocycles. The van der Waals surface area contributed by atoms with E-state index in [1.54, 1.807) is 7.11 Å². The van der Waals surface area contributed by atoms with Crippen molar-refractivity contribution in [2.75, 3.05) is 38.2 Å². The van der Waals surface area contributed by atoms with Crippen molar-refractivity contribution in [3.63, 3.8) is 0 Å². The number of rotatable bonds is 5. The minimum atomic E-state index is -3.68. The summed E-state index contributed by atoms with van der Waals surface area (Å²) in [5.74, 6) is 0.769. The molecule has 3 aromatic rings. The lowest BCUT2D eigenvalue weighted by Gasteiger charge is -2.33. The monoisotopic (exact) mass is 483 g/mol. The summed E-state index contributed by atoms with van der Waals surface area (Å²) < 4.78 is 32.8. The molecule has 2 heterocycles. The van der Waals surface area contributed by atoms with Gasteiger partial charge in [-0.15, -0.1) is 11.3 Å². The molecule has 1 saturated heterocycles. The maximum absolute atomic E-state index is 13.0. The van der Waals surface area contributed by atoms with E-state index in [9.17, 15) is 8.42 Å². The second kappa shape index (κ2) is 8.72. The summed E-state index contributed by atoms with van der Waals surface area (Å²) in [6, 6.07) is 12.2. The number of benzene rings is 2. The van der Waals surface area contributed by atoms with Gasteiger partial charge in [0, 0.05) is 42.1 Å². The minimum absolute atomic E-state index is 0.0784. The quantitative estimate of drug-likeness (QED) is 0.528. The van der Waals surface area contributed by atoms with Gasteiger partial charge >= 0.3 is 0 Å². The molecule has 158 valence electrons. The molecular weight excluding hydrogens is 465 g/mol. The fraction of sp³-hybridized carbons (Fsp3) is 0.250. The maximum atomic E-state index is 13.0. The van der Waals surface area contributed by atoms with E-state index in [0.29, 0.717) is 31.2 Å². The Labute approximate surface area is 189 Å². The first-order valence-electron chi connectivity index (χ1n) is 9.19. The number of methoxy groups -OCH3 is 1.